The molecule has 0 rings (SSSR count). The molecule has 0 unspecified atom stereocenters. The fourth-order valence-corrected chi connectivity index (χ4v) is 0.276. The van der Waals surface area contributed by atoms with Crippen LogP contribution in [-0.2, 0) is 4.84 Å². The van der Waals surface area contributed by atoms with Gasteiger partial charge in [-0.2, -0.15) is 0 Å². The van der Waals surface area contributed by atoms with Crippen LogP contribution in [0.25, 0.3) is 10.4 Å². The van der Waals surface area contributed by atoms with Crippen molar-refractivity contribution in [1.29, 1.82) is 0 Å². The lowest BCUT2D eigenvalue weighted by atomic mass is 10.4. The van der Waals surface area contributed by atoms with Crippen LogP contribution in [-0.4, -0.2) is 6.61 Å². The lowest BCUT2D eigenvalue weighted by Crippen LogP contribution is -1.83. The van der Waals surface area contributed by atoms with Crippen molar-refractivity contribution in [1.82, 2.24) is 0 Å². The minimum Gasteiger partial charge on any atom is -0.434 e. The van der Waals surface area contributed by atoms with Gasteiger partial charge in [0, 0.05) is 4.91 Å². The first-order valence-corrected chi connectivity index (χ1v) is 2.58. The van der Waals surface area contributed by atoms with Gasteiger partial charge in [0.1, 0.15) is 5.28 Å². The third-order valence-electron chi connectivity index (χ3n) is 0.683. The molecule has 0 heterocycles. The fourth-order valence-electron chi connectivity index (χ4n) is 0.276. The molecule has 46 valence electrons. The molecule has 0 aromatic heterocycles. The number of azide groups is 1. The summed E-state index contributed by atoms with van der Waals surface area (Å²) in [6, 6.07) is 0. The second-order valence-corrected chi connectivity index (χ2v) is 1.36. The van der Waals surface area contributed by atoms with E-state index in [0.717, 1.165) is 12.8 Å². The average Bonchev–Trinajstić information content (AvgIpc) is 1.81. The van der Waals surface area contributed by atoms with E-state index in [1.807, 2.05) is 6.92 Å². The molecule has 4 heteroatoms. The second-order valence-electron chi connectivity index (χ2n) is 1.36. The van der Waals surface area contributed by atoms with E-state index in [2.05, 4.69) is 15.0 Å². The van der Waals surface area contributed by atoms with Gasteiger partial charge in [-0.05, 0) is 12.0 Å². The van der Waals surface area contributed by atoms with Crippen LogP contribution in [0.1, 0.15) is 19.8 Å². The topological polar surface area (TPSA) is 58.0 Å². The lowest BCUT2D eigenvalue weighted by molar-refractivity contribution is 0.135. The first-order chi connectivity index (χ1) is 3.91. The molecule has 0 aliphatic carbocycles. The van der Waals surface area contributed by atoms with Gasteiger partial charge < -0.3 is 4.84 Å². The molecule has 0 spiro atoms. The zero-order chi connectivity index (χ0) is 6.24. The Kier molecular flexibility index (Phi) is 5.43. The zero-order valence-corrected chi connectivity index (χ0v) is 4.87. The normalized spacial score (nSPS) is 7.62. The molecule has 0 saturated carbocycles. The van der Waals surface area contributed by atoms with Gasteiger partial charge in [-0.1, -0.05) is 13.3 Å². The minimum absolute atomic E-state index is 0.528. The molecule has 0 N–H and O–H groups in total. The Balaban J connectivity index is 2.82. The van der Waals surface area contributed by atoms with E-state index in [1.54, 1.807) is 0 Å². The van der Waals surface area contributed by atoms with Crippen LogP contribution >= 0.6 is 0 Å². The van der Waals surface area contributed by atoms with Gasteiger partial charge in [0.05, 0.1) is 6.61 Å². The van der Waals surface area contributed by atoms with Gasteiger partial charge in [-0.25, -0.2) is 0 Å². The fraction of sp³-hybridized carbons (Fsp3) is 1.00. The van der Waals surface area contributed by atoms with Crippen LogP contribution in [0.2, 0.25) is 0 Å². The molecular weight excluding hydrogens is 106 g/mol. The van der Waals surface area contributed by atoms with Gasteiger partial charge in [-0.15, -0.1) is 0 Å². The molecule has 0 aromatic carbocycles. The van der Waals surface area contributed by atoms with Crippen molar-refractivity contribution >= 4 is 0 Å². The van der Waals surface area contributed by atoms with Crippen LogP contribution in [0.15, 0.2) is 5.28 Å². The highest BCUT2D eigenvalue weighted by Crippen LogP contribution is 1.87. The van der Waals surface area contributed by atoms with Crippen molar-refractivity contribution in [2.75, 3.05) is 6.61 Å². The largest absolute Gasteiger partial charge is 0.434 e. The lowest BCUT2D eigenvalue weighted by Gasteiger charge is -1.91. The van der Waals surface area contributed by atoms with E-state index in [4.69, 9.17) is 5.53 Å². The summed E-state index contributed by atoms with van der Waals surface area (Å²) in [6.45, 7) is 2.57. The zero-order valence-electron chi connectivity index (χ0n) is 4.87. The van der Waals surface area contributed by atoms with E-state index in [9.17, 15) is 0 Å². The van der Waals surface area contributed by atoms with Gasteiger partial charge in [0.2, 0.25) is 0 Å². The highest BCUT2D eigenvalue weighted by molar-refractivity contribution is 4.31. The summed E-state index contributed by atoms with van der Waals surface area (Å²) in [6.07, 6.45) is 2.00. The van der Waals surface area contributed by atoms with Gasteiger partial charge in [-0.3, -0.25) is 0 Å². The first kappa shape index (κ1) is 7.11. The maximum atomic E-state index is 7.70. The standard InChI is InChI=1S/C4H9N3O/c1-2-3-4-8-7-6-5/h2-4H2,1H3. The summed E-state index contributed by atoms with van der Waals surface area (Å²) in [5.41, 5.74) is 7.70. The summed E-state index contributed by atoms with van der Waals surface area (Å²) >= 11 is 0. The molecule has 0 bridgehead atoms. The van der Waals surface area contributed by atoms with Crippen molar-refractivity contribution in [2.24, 2.45) is 5.28 Å². The van der Waals surface area contributed by atoms with Crippen LogP contribution in [0.5, 0.6) is 0 Å². The molecule has 0 saturated heterocycles. The Labute approximate surface area is 48.0 Å². The number of hydrogen-bond acceptors (Lipinski definition) is 2. The molecule has 0 aromatic rings. The van der Waals surface area contributed by atoms with Crippen molar-refractivity contribution < 1.29 is 4.84 Å². The van der Waals surface area contributed by atoms with E-state index in [-0.39, 0.29) is 0 Å². The maximum Gasteiger partial charge on any atom is 0.111 e. The SMILES string of the molecule is CCCCON=[N+]=[N-]. The third kappa shape index (κ3) is 5.11. The average molecular weight is 115 g/mol. The maximum absolute atomic E-state index is 7.70. The predicted molar refractivity (Wildman–Crippen MR) is 30.0 cm³/mol. The number of unbranched alkanes of at least 4 members (excludes halogenated alkanes) is 1. The van der Waals surface area contributed by atoms with Crippen molar-refractivity contribution in [3.8, 4) is 0 Å². The monoisotopic (exact) mass is 115 g/mol. The number of nitrogens with zero attached hydrogens (tertiary/aromatic N) is 3. The predicted octanol–water partition coefficient (Wildman–Crippen LogP) is 2.03. The van der Waals surface area contributed by atoms with E-state index in [1.165, 1.54) is 0 Å². The molecular formula is C4H9N3O. The number of hydrogen-bond donors (Lipinski definition) is 0. The minimum atomic E-state index is 0.528. The van der Waals surface area contributed by atoms with Gasteiger partial charge in [0.15, 0.2) is 0 Å². The van der Waals surface area contributed by atoms with Crippen LogP contribution in [0.3, 0.4) is 0 Å². The van der Waals surface area contributed by atoms with Crippen LogP contribution < -0.4 is 0 Å². The second kappa shape index (κ2) is 6.11. The van der Waals surface area contributed by atoms with Crippen LogP contribution in [0.4, 0.5) is 0 Å². The van der Waals surface area contributed by atoms with Crippen molar-refractivity contribution in [3.05, 3.63) is 10.4 Å². The molecule has 0 amide bonds. The Bertz CT molecular complexity index is 87.3. The summed E-state index contributed by atoms with van der Waals surface area (Å²) in [5, 5.41) is 2.89. The molecule has 0 atom stereocenters. The highest BCUT2D eigenvalue weighted by atomic mass is 16.6. The van der Waals surface area contributed by atoms with Gasteiger partial charge >= 0.3 is 0 Å². The molecule has 4 nitrogen and oxygen atoms in total. The Morgan fingerprint density at radius 2 is 2.50 bits per heavy atom. The quantitative estimate of drug-likeness (QED) is 0.182. The van der Waals surface area contributed by atoms with E-state index >= 15 is 0 Å². The van der Waals surface area contributed by atoms with Crippen LogP contribution in [0, 0.1) is 0 Å². The third-order valence-corrected chi connectivity index (χ3v) is 0.683. The highest BCUT2D eigenvalue weighted by Gasteiger charge is 1.78. The number of rotatable bonds is 4. The first-order valence-electron chi connectivity index (χ1n) is 2.58. The summed E-state index contributed by atoms with van der Waals surface area (Å²) < 4.78 is 0. The summed E-state index contributed by atoms with van der Waals surface area (Å²) in [5.74, 6) is 0. The molecule has 0 radical (unpaired) electrons. The molecule has 0 aliphatic heterocycles. The Hall–Kier alpha value is -0.890. The Morgan fingerprint density at radius 1 is 1.75 bits per heavy atom. The smallest absolute Gasteiger partial charge is 0.111 e. The molecule has 0 aliphatic rings. The summed E-state index contributed by atoms with van der Waals surface area (Å²) in [4.78, 5) is 6.84. The van der Waals surface area contributed by atoms with E-state index in [0.29, 0.717) is 6.61 Å². The molecule has 0 fully saturated rings. The van der Waals surface area contributed by atoms with E-state index < -0.39 is 0 Å². The van der Waals surface area contributed by atoms with Crippen molar-refractivity contribution in [3.63, 3.8) is 0 Å². The Morgan fingerprint density at radius 3 is 3.00 bits per heavy atom. The van der Waals surface area contributed by atoms with Gasteiger partial charge in [0.25, 0.3) is 0 Å². The molecule has 8 heavy (non-hydrogen) atoms. The van der Waals surface area contributed by atoms with Crippen molar-refractivity contribution in [2.45, 2.75) is 19.8 Å². The summed E-state index contributed by atoms with van der Waals surface area (Å²) in [7, 11) is 0.